The zero-order valence-electron chi connectivity index (χ0n) is 10.4. The van der Waals surface area contributed by atoms with Crippen molar-refractivity contribution in [3.63, 3.8) is 0 Å². The molecule has 1 rings (SSSR count). The van der Waals surface area contributed by atoms with Gasteiger partial charge in [-0.25, -0.2) is 0 Å². The molecule has 0 bridgehead atoms. The van der Waals surface area contributed by atoms with Gasteiger partial charge in [0.25, 0.3) is 0 Å². The highest BCUT2D eigenvalue weighted by molar-refractivity contribution is 5.68. The van der Waals surface area contributed by atoms with Gasteiger partial charge in [0.2, 0.25) is 0 Å². The van der Waals surface area contributed by atoms with Crippen LogP contribution in [0.2, 0.25) is 0 Å². The maximum Gasteiger partial charge on any atom is 0.305 e. The summed E-state index contributed by atoms with van der Waals surface area (Å²) in [5, 5.41) is 8.77. The van der Waals surface area contributed by atoms with Crippen LogP contribution in [0.4, 0.5) is 0 Å². The molecule has 0 aliphatic rings. The van der Waals surface area contributed by atoms with Gasteiger partial charge in [0.15, 0.2) is 0 Å². The number of ether oxygens (including phenoxy) is 1. The molecular weight excluding hydrogens is 218 g/mol. The van der Waals surface area contributed by atoms with Crippen LogP contribution in [0.5, 0.6) is 5.75 Å². The van der Waals surface area contributed by atoms with Gasteiger partial charge in [0.05, 0.1) is 13.5 Å². The van der Waals surface area contributed by atoms with E-state index < -0.39 is 12.0 Å². The normalized spacial score (nSPS) is 12.5. The van der Waals surface area contributed by atoms with Gasteiger partial charge in [-0.05, 0) is 17.5 Å². The Labute approximate surface area is 101 Å². The summed E-state index contributed by atoms with van der Waals surface area (Å²) in [6, 6.07) is 5.20. The average Bonchev–Trinajstić information content (AvgIpc) is 2.27. The fraction of sp³-hybridized carbons (Fsp3) is 0.462. The van der Waals surface area contributed by atoms with E-state index in [0.717, 1.165) is 11.1 Å². The topological polar surface area (TPSA) is 72.5 Å². The van der Waals surface area contributed by atoms with Crippen LogP contribution in [0, 0.1) is 0 Å². The molecule has 0 aliphatic carbocycles. The molecule has 1 atom stereocenters. The van der Waals surface area contributed by atoms with E-state index in [1.807, 2.05) is 18.2 Å². The van der Waals surface area contributed by atoms with Crippen LogP contribution in [0.1, 0.15) is 43.4 Å². The molecule has 0 radical (unpaired) electrons. The van der Waals surface area contributed by atoms with E-state index in [1.54, 1.807) is 7.11 Å². The van der Waals surface area contributed by atoms with Gasteiger partial charge < -0.3 is 15.6 Å². The molecule has 0 saturated heterocycles. The summed E-state index contributed by atoms with van der Waals surface area (Å²) in [5.41, 5.74) is 7.76. The van der Waals surface area contributed by atoms with Crippen LogP contribution >= 0.6 is 0 Å². The third kappa shape index (κ3) is 3.46. The first-order chi connectivity index (χ1) is 7.95. The second kappa shape index (κ2) is 5.68. The van der Waals surface area contributed by atoms with Crippen molar-refractivity contribution in [2.75, 3.05) is 7.11 Å². The molecule has 1 aromatic rings. The van der Waals surface area contributed by atoms with Crippen molar-refractivity contribution < 1.29 is 14.6 Å². The molecule has 94 valence electrons. The monoisotopic (exact) mass is 237 g/mol. The lowest BCUT2D eigenvalue weighted by Crippen LogP contribution is -2.16. The van der Waals surface area contributed by atoms with E-state index in [0.29, 0.717) is 11.7 Å². The van der Waals surface area contributed by atoms with Gasteiger partial charge in [-0.2, -0.15) is 0 Å². The highest BCUT2D eigenvalue weighted by Crippen LogP contribution is 2.29. The lowest BCUT2D eigenvalue weighted by molar-refractivity contribution is -0.137. The Morgan fingerprint density at radius 1 is 1.47 bits per heavy atom. The van der Waals surface area contributed by atoms with Gasteiger partial charge in [-0.3, -0.25) is 4.79 Å². The largest absolute Gasteiger partial charge is 0.496 e. The quantitative estimate of drug-likeness (QED) is 0.824. The number of benzene rings is 1. The fourth-order valence-corrected chi connectivity index (χ4v) is 1.70. The van der Waals surface area contributed by atoms with Crippen molar-refractivity contribution in [3.05, 3.63) is 29.3 Å². The minimum absolute atomic E-state index is 0.0993. The van der Waals surface area contributed by atoms with Crippen molar-refractivity contribution in [1.82, 2.24) is 0 Å². The Balaban J connectivity index is 3.09. The van der Waals surface area contributed by atoms with Crippen LogP contribution in [-0.2, 0) is 4.79 Å². The number of hydrogen-bond acceptors (Lipinski definition) is 3. The van der Waals surface area contributed by atoms with E-state index in [2.05, 4.69) is 13.8 Å². The molecule has 0 heterocycles. The first-order valence-electron chi connectivity index (χ1n) is 5.61. The van der Waals surface area contributed by atoms with Crippen molar-refractivity contribution >= 4 is 5.97 Å². The van der Waals surface area contributed by atoms with E-state index >= 15 is 0 Å². The average molecular weight is 237 g/mol. The lowest BCUT2D eigenvalue weighted by atomic mass is 9.96. The highest BCUT2D eigenvalue weighted by Gasteiger charge is 2.16. The molecular formula is C13H19NO3. The third-order valence-electron chi connectivity index (χ3n) is 2.71. The molecule has 0 amide bonds. The number of carboxylic acids is 1. The van der Waals surface area contributed by atoms with E-state index in [4.69, 9.17) is 15.6 Å². The molecule has 4 heteroatoms. The predicted molar refractivity (Wildman–Crippen MR) is 66.3 cm³/mol. The summed E-state index contributed by atoms with van der Waals surface area (Å²) < 4.78 is 5.21. The first-order valence-corrected chi connectivity index (χ1v) is 5.61. The smallest absolute Gasteiger partial charge is 0.305 e. The first kappa shape index (κ1) is 13.5. The molecule has 0 aliphatic heterocycles. The summed E-state index contributed by atoms with van der Waals surface area (Å²) in [4.78, 5) is 10.7. The Hall–Kier alpha value is -1.55. The van der Waals surface area contributed by atoms with Crippen LogP contribution in [0.3, 0.4) is 0 Å². The zero-order chi connectivity index (χ0) is 13.0. The Morgan fingerprint density at radius 3 is 2.59 bits per heavy atom. The molecule has 1 unspecified atom stereocenters. The number of nitrogens with two attached hydrogens (primary N) is 1. The van der Waals surface area contributed by atoms with E-state index in [1.165, 1.54) is 0 Å². The van der Waals surface area contributed by atoms with E-state index in [9.17, 15) is 4.79 Å². The van der Waals surface area contributed by atoms with Crippen molar-refractivity contribution in [2.45, 2.75) is 32.2 Å². The summed E-state index contributed by atoms with van der Waals surface area (Å²) in [5.74, 6) is 0.106. The fourth-order valence-electron chi connectivity index (χ4n) is 1.70. The predicted octanol–water partition coefficient (Wildman–Crippen LogP) is 2.29. The van der Waals surface area contributed by atoms with Gasteiger partial charge in [-0.15, -0.1) is 0 Å². The molecule has 17 heavy (non-hydrogen) atoms. The lowest BCUT2D eigenvalue weighted by Gasteiger charge is -2.16. The summed E-state index contributed by atoms with van der Waals surface area (Å²) in [6.07, 6.45) is -0.0993. The standard InChI is InChI=1S/C13H19NO3/c1-8(2)9-4-5-12(17-3)10(6-9)11(14)7-13(15)16/h4-6,8,11H,7,14H2,1-3H3,(H,15,16). The molecule has 1 aromatic carbocycles. The molecule has 4 nitrogen and oxygen atoms in total. The number of rotatable bonds is 5. The molecule has 0 spiro atoms. The van der Waals surface area contributed by atoms with Crippen LogP contribution < -0.4 is 10.5 Å². The van der Waals surface area contributed by atoms with Crippen molar-refractivity contribution in [1.29, 1.82) is 0 Å². The van der Waals surface area contributed by atoms with Crippen molar-refractivity contribution in [2.24, 2.45) is 5.73 Å². The van der Waals surface area contributed by atoms with Gasteiger partial charge >= 0.3 is 5.97 Å². The maximum absolute atomic E-state index is 10.7. The number of carboxylic acid groups (broad SMARTS) is 1. The maximum atomic E-state index is 10.7. The number of methoxy groups -OCH3 is 1. The van der Waals surface area contributed by atoms with Crippen LogP contribution in [0.15, 0.2) is 18.2 Å². The summed E-state index contributed by atoms with van der Waals surface area (Å²) in [6.45, 7) is 4.16. The third-order valence-corrected chi connectivity index (χ3v) is 2.71. The van der Waals surface area contributed by atoms with E-state index in [-0.39, 0.29) is 6.42 Å². The highest BCUT2D eigenvalue weighted by atomic mass is 16.5. The number of aliphatic carboxylic acids is 1. The van der Waals surface area contributed by atoms with Crippen molar-refractivity contribution in [3.8, 4) is 5.75 Å². The Morgan fingerprint density at radius 2 is 2.12 bits per heavy atom. The minimum Gasteiger partial charge on any atom is -0.496 e. The zero-order valence-corrected chi connectivity index (χ0v) is 10.4. The second-order valence-electron chi connectivity index (χ2n) is 4.36. The summed E-state index contributed by atoms with van der Waals surface area (Å²) >= 11 is 0. The molecule has 0 fully saturated rings. The summed E-state index contributed by atoms with van der Waals surface area (Å²) in [7, 11) is 1.56. The molecule has 0 saturated carbocycles. The van der Waals surface area contributed by atoms with Gasteiger partial charge in [0, 0.05) is 11.6 Å². The number of hydrogen-bond donors (Lipinski definition) is 2. The van der Waals surface area contributed by atoms with Crippen LogP contribution in [-0.4, -0.2) is 18.2 Å². The SMILES string of the molecule is COc1ccc(C(C)C)cc1C(N)CC(=O)O. The molecule has 0 aromatic heterocycles. The van der Waals surface area contributed by atoms with Gasteiger partial charge in [0.1, 0.15) is 5.75 Å². The van der Waals surface area contributed by atoms with Gasteiger partial charge in [-0.1, -0.05) is 26.0 Å². The Bertz CT molecular complexity index is 402. The van der Waals surface area contributed by atoms with Crippen LogP contribution in [0.25, 0.3) is 0 Å². The minimum atomic E-state index is -0.908. The Kier molecular flexibility index (Phi) is 4.52. The second-order valence-corrected chi connectivity index (χ2v) is 4.36. The number of carbonyl (C=O) groups is 1. The molecule has 3 N–H and O–H groups in total.